The number of nitro benzene ring substituents is 1. The minimum Gasteiger partial charge on any atom is -0.320 e. The Bertz CT molecular complexity index is 563. The van der Waals surface area contributed by atoms with Gasteiger partial charge in [0, 0.05) is 18.2 Å². The van der Waals surface area contributed by atoms with Crippen molar-refractivity contribution >= 4 is 28.1 Å². The van der Waals surface area contributed by atoms with Gasteiger partial charge in [0.1, 0.15) is 0 Å². The molecule has 2 N–H and O–H groups in total. The Kier molecular flexibility index (Phi) is 7.66. The summed E-state index contributed by atoms with van der Waals surface area (Å²) in [6, 6.07) is 4.02. The summed E-state index contributed by atoms with van der Waals surface area (Å²) in [7, 11) is -1.93. The first-order chi connectivity index (χ1) is 8.90. The molecule has 0 aliphatic rings. The molecule has 0 amide bonds. The van der Waals surface area contributed by atoms with Gasteiger partial charge in [-0.1, -0.05) is 6.07 Å². The summed E-state index contributed by atoms with van der Waals surface area (Å²) in [5, 5.41) is 13.7. The second kappa shape index (κ2) is 8.15. The zero-order valence-electron chi connectivity index (χ0n) is 11.3. The third-order valence-corrected chi connectivity index (χ3v) is 4.24. The van der Waals surface area contributed by atoms with Crippen molar-refractivity contribution in [2.24, 2.45) is 0 Å². The quantitative estimate of drug-likeness (QED) is 0.446. The predicted molar refractivity (Wildman–Crippen MR) is 78.8 cm³/mol. The van der Waals surface area contributed by atoms with Crippen molar-refractivity contribution in [3.05, 3.63) is 33.9 Å². The van der Waals surface area contributed by atoms with E-state index in [-0.39, 0.29) is 35.1 Å². The van der Waals surface area contributed by atoms with Crippen LogP contribution < -0.4 is 10.0 Å². The molecule has 0 aromatic heterocycles. The smallest absolute Gasteiger partial charge is 0.273 e. The Morgan fingerprint density at radius 3 is 2.50 bits per heavy atom. The summed E-state index contributed by atoms with van der Waals surface area (Å²) in [5.41, 5.74) is -0.0493. The highest BCUT2D eigenvalue weighted by molar-refractivity contribution is 7.89. The van der Waals surface area contributed by atoms with Crippen LogP contribution in [0.4, 0.5) is 5.69 Å². The summed E-state index contributed by atoms with van der Waals surface area (Å²) in [6.07, 6.45) is 0.643. The third kappa shape index (κ3) is 4.71. The van der Waals surface area contributed by atoms with Crippen LogP contribution in [0.2, 0.25) is 0 Å². The Morgan fingerprint density at radius 1 is 1.30 bits per heavy atom. The van der Waals surface area contributed by atoms with Crippen molar-refractivity contribution in [1.82, 2.24) is 10.0 Å². The molecular weight excluding hydrogens is 306 g/mol. The van der Waals surface area contributed by atoms with Gasteiger partial charge in [0.05, 0.1) is 9.82 Å². The van der Waals surface area contributed by atoms with Gasteiger partial charge in [0.15, 0.2) is 0 Å². The fourth-order valence-corrected chi connectivity index (χ4v) is 2.98. The molecule has 0 saturated heterocycles. The Labute approximate surface area is 124 Å². The summed E-state index contributed by atoms with van der Waals surface area (Å²) in [6.45, 7) is 2.40. The molecule has 0 bridgehead atoms. The van der Waals surface area contributed by atoms with E-state index in [1.54, 1.807) is 7.05 Å². The SMILES string of the molecule is CNCCCNS(=O)(=O)c1cccc([N+](=O)[O-])c1C.Cl. The Balaban J connectivity index is 0.00000361. The molecule has 0 saturated carbocycles. The number of nitrogens with one attached hydrogen (secondary N) is 2. The van der Waals surface area contributed by atoms with Crippen LogP contribution in [0.15, 0.2) is 23.1 Å². The molecule has 20 heavy (non-hydrogen) atoms. The van der Waals surface area contributed by atoms with Crippen LogP contribution in [0, 0.1) is 17.0 Å². The molecule has 0 radical (unpaired) electrons. The average Bonchev–Trinajstić information content (AvgIpc) is 2.34. The van der Waals surface area contributed by atoms with Crippen LogP contribution in [-0.2, 0) is 10.0 Å². The first kappa shape index (κ1) is 18.8. The van der Waals surface area contributed by atoms with Crippen molar-refractivity contribution in [3.63, 3.8) is 0 Å². The van der Waals surface area contributed by atoms with Gasteiger partial charge in [-0.3, -0.25) is 10.1 Å². The molecule has 114 valence electrons. The molecule has 0 heterocycles. The molecular formula is C11H18ClN3O4S. The van der Waals surface area contributed by atoms with E-state index in [0.717, 1.165) is 0 Å². The van der Waals surface area contributed by atoms with Crippen molar-refractivity contribution in [3.8, 4) is 0 Å². The van der Waals surface area contributed by atoms with E-state index in [1.165, 1.54) is 25.1 Å². The van der Waals surface area contributed by atoms with Crippen molar-refractivity contribution in [2.45, 2.75) is 18.2 Å². The summed E-state index contributed by atoms with van der Waals surface area (Å²) < 4.78 is 26.5. The van der Waals surface area contributed by atoms with E-state index < -0.39 is 14.9 Å². The lowest BCUT2D eigenvalue weighted by atomic mass is 10.2. The normalized spacial score (nSPS) is 10.9. The molecule has 0 spiro atoms. The molecule has 7 nitrogen and oxygen atoms in total. The molecule has 1 rings (SSSR count). The van der Waals surface area contributed by atoms with Crippen LogP contribution in [0.1, 0.15) is 12.0 Å². The minimum absolute atomic E-state index is 0. The number of halogens is 1. The maximum absolute atomic E-state index is 12.0. The fourth-order valence-electron chi connectivity index (χ4n) is 1.64. The van der Waals surface area contributed by atoms with Crippen molar-refractivity contribution in [1.29, 1.82) is 0 Å². The topological polar surface area (TPSA) is 101 Å². The lowest BCUT2D eigenvalue weighted by Gasteiger charge is -2.09. The first-order valence-electron chi connectivity index (χ1n) is 5.78. The minimum atomic E-state index is -3.71. The maximum Gasteiger partial charge on any atom is 0.273 e. The number of hydrogen-bond donors (Lipinski definition) is 2. The molecule has 9 heteroatoms. The molecule has 0 unspecified atom stereocenters. The molecule has 0 atom stereocenters. The zero-order chi connectivity index (χ0) is 14.5. The van der Waals surface area contributed by atoms with Crippen LogP contribution in [0.5, 0.6) is 0 Å². The second-order valence-corrected chi connectivity index (χ2v) is 5.75. The third-order valence-electron chi connectivity index (χ3n) is 2.64. The van der Waals surface area contributed by atoms with Gasteiger partial charge in [-0.15, -0.1) is 12.4 Å². The van der Waals surface area contributed by atoms with Gasteiger partial charge in [0.2, 0.25) is 10.0 Å². The number of hydrogen-bond acceptors (Lipinski definition) is 5. The summed E-state index contributed by atoms with van der Waals surface area (Å²) >= 11 is 0. The number of rotatable bonds is 7. The highest BCUT2D eigenvalue weighted by Gasteiger charge is 2.22. The second-order valence-electron chi connectivity index (χ2n) is 4.01. The predicted octanol–water partition coefficient (Wildman–Crippen LogP) is 1.21. The monoisotopic (exact) mass is 323 g/mol. The van der Waals surface area contributed by atoms with Gasteiger partial charge < -0.3 is 5.32 Å². The van der Waals surface area contributed by atoms with E-state index in [0.29, 0.717) is 13.0 Å². The molecule has 1 aromatic carbocycles. The summed E-state index contributed by atoms with van der Waals surface area (Å²) in [4.78, 5) is 10.1. The van der Waals surface area contributed by atoms with Gasteiger partial charge in [-0.2, -0.15) is 0 Å². The van der Waals surface area contributed by atoms with Gasteiger partial charge in [0.25, 0.3) is 5.69 Å². The lowest BCUT2D eigenvalue weighted by molar-refractivity contribution is -0.385. The highest BCUT2D eigenvalue weighted by Crippen LogP contribution is 2.24. The zero-order valence-corrected chi connectivity index (χ0v) is 12.9. The van der Waals surface area contributed by atoms with Crippen molar-refractivity contribution in [2.75, 3.05) is 20.1 Å². The van der Waals surface area contributed by atoms with Gasteiger partial charge in [-0.25, -0.2) is 13.1 Å². The Hall–Kier alpha value is -1.22. The highest BCUT2D eigenvalue weighted by atomic mass is 35.5. The molecule has 0 aliphatic heterocycles. The van der Waals surface area contributed by atoms with Crippen LogP contribution in [0.3, 0.4) is 0 Å². The molecule has 0 aliphatic carbocycles. The number of nitrogens with zero attached hydrogens (tertiary/aromatic N) is 1. The average molecular weight is 324 g/mol. The molecule has 0 fully saturated rings. The van der Waals surface area contributed by atoms with Gasteiger partial charge in [-0.05, 0) is 33.0 Å². The first-order valence-corrected chi connectivity index (χ1v) is 7.26. The maximum atomic E-state index is 12.0. The fraction of sp³-hybridized carbons (Fsp3) is 0.455. The number of nitro groups is 1. The Morgan fingerprint density at radius 2 is 1.95 bits per heavy atom. The summed E-state index contributed by atoms with van der Waals surface area (Å²) in [5.74, 6) is 0. The number of sulfonamides is 1. The largest absolute Gasteiger partial charge is 0.320 e. The molecule has 1 aromatic rings. The van der Waals surface area contributed by atoms with Crippen LogP contribution >= 0.6 is 12.4 Å². The lowest BCUT2D eigenvalue weighted by Crippen LogP contribution is -2.27. The van der Waals surface area contributed by atoms with E-state index >= 15 is 0 Å². The van der Waals surface area contributed by atoms with E-state index in [9.17, 15) is 18.5 Å². The standard InChI is InChI=1S/C11H17N3O4S.ClH/c1-9-10(14(15)16)5-3-6-11(9)19(17,18)13-8-4-7-12-2;/h3,5-6,12-13H,4,7-8H2,1-2H3;1H. The van der Waals surface area contributed by atoms with Crippen molar-refractivity contribution < 1.29 is 13.3 Å². The number of benzene rings is 1. The van der Waals surface area contributed by atoms with Crippen LogP contribution in [0.25, 0.3) is 0 Å². The van der Waals surface area contributed by atoms with Gasteiger partial charge >= 0.3 is 0 Å². The van der Waals surface area contributed by atoms with E-state index in [1.807, 2.05) is 0 Å². The van der Waals surface area contributed by atoms with E-state index in [2.05, 4.69) is 10.0 Å². The van der Waals surface area contributed by atoms with E-state index in [4.69, 9.17) is 0 Å². The van der Waals surface area contributed by atoms with Crippen LogP contribution in [-0.4, -0.2) is 33.5 Å².